The zero-order chi connectivity index (χ0) is 15.8. The van der Waals surface area contributed by atoms with Crippen LogP contribution in [0.2, 0.25) is 0 Å². The Labute approximate surface area is 142 Å². The minimum Gasteiger partial charge on any atom is -0.481 e. The van der Waals surface area contributed by atoms with Crippen LogP contribution in [0.1, 0.15) is 11.1 Å². The van der Waals surface area contributed by atoms with Crippen molar-refractivity contribution in [3.8, 4) is 17.4 Å². The molecule has 1 aliphatic rings. The predicted molar refractivity (Wildman–Crippen MR) is 91.4 cm³/mol. The number of rotatable bonds is 3. The van der Waals surface area contributed by atoms with Crippen LogP contribution in [-0.4, -0.2) is 18.9 Å². The highest BCUT2D eigenvalue weighted by Crippen LogP contribution is 2.34. The first kappa shape index (κ1) is 14.3. The molecule has 5 heteroatoms. The Morgan fingerprint density at radius 2 is 1.96 bits per heavy atom. The monoisotopic (exact) mass is 371 g/mol. The van der Waals surface area contributed by atoms with E-state index in [1.54, 1.807) is 7.11 Å². The standard InChI is InChI=1S/C18H14BrNO3/c1-21-18-13(8-12-9-14(19)3-4-15(12)20-18)6-11-2-5-16-17(7-11)23-10-22-16/h2-5,7-9H,6,10H2,1H3. The molecule has 23 heavy (non-hydrogen) atoms. The van der Waals surface area contributed by atoms with Crippen molar-refractivity contribution in [1.29, 1.82) is 0 Å². The normalized spacial score (nSPS) is 12.6. The predicted octanol–water partition coefficient (Wildman–Crippen LogP) is 4.33. The number of aromatic nitrogens is 1. The average molecular weight is 372 g/mol. The van der Waals surface area contributed by atoms with Gasteiger partial charge in [0, 0.05) is 21.8 Å². The van der Waals surface area contributed by atoms with Gasteiger partial charge in [-0.3, -0.25) is 0 Å². The molecule has 0 saturated carbocycles. The number of benzene rings is 2. The van der Waals surface area contributed by atoms with E-state index in [9.17, 15) is 0 Å². The Balaban J connectivity index is 1.75. The van der Waals surface area contributed by atoms with Gasteiger partial charge in [-0.05, 0) is 42.0 Å². The molecule has 116 valence electrons. The molecule has 0 aliphatic carbocycles. The number of methoxy groups -OCH3 is 1. The summed E-state index contributed by atoms with van der Waals surface area (Å²) >= 11 is 3.50. The molecule has 0 atom stereocenters. The van der Waals surface area contributed by atoms with Crippen LogP contribution in [0.3, 0.4) is 0 Å². The first-order chi connectivity index (χ1) is 11.2. The molecule has 3 aromatic rings. The average Bonchev–Trinajstić information content (AvgIpc) is 3.02. The largest absolute Gasteiger partial charge is 0.481 e. The number of halogens is 1. The molecule has 0 bridgehead atoms. The molecule has 2 aromatic carbocycles. The van der Waals surface area contributed by atoms with Gasteiger partial charge in [-0.2, -0.15) is 0 Å². The number of hydrogen-bond donors (Lipinski definition) is 0. The van der Waals surface area contributed by atoms with Crippen LogP contribution in [-0.2, 0) is 6.42 Å². The smallest absolute Gasteiger partial charge is 0.231 e. The van der Waals surface area contributed by atoms with Crippen molar-refractivity contribution >= 4 is 26.8 Å². The summed E-state index contributed by atoms with van der Waals surface area (Å²) in [5, 5.41) is 1.08. The maximum Gasteiger partial charge on any atom is 0.231 e. The van der Waals surface area contributed by atoms with Gasteiger partial charge in [0.2, 0.25) is 12.7 Å². The third kappa shape index (κ3) is 2.72. The lowest BCUT2D eigenvalue weighted by Gasteiger charge is -2.10. The van der Waals surface area contributed by atoms with E-state index < -0.39 is 0 Å². The second-order valence-electron chi connectivity index (χ2n) is 5.36. The van der Waals surface area contributed by atoms with Crippen LogP contribution in [0.5, 0.6) is 17.4 Å². The third-order valence-electron chi connectivity index (χ3n) is 3.84. The quantitative estimate of drug-likeness (QED) is 0.687. The lowest BCUT2D eigenvalue weighted by Crippen LogP contribution is -1.97. The van der Waals surface area contributed by atoms with Gasteiger partial charge in [0.15, 0.2) is 11.5 Å². The van der Waals surface area contributed by atoms with E-state index in [4.69, 9.17) is 14.2 Å². The molecule has 0 fully saturated rings. The maximum absolute atomic E-state index is 5.47. The van der Waals surface area contributed by atoms with Crippen molar-refractivity contribution in [3.05, 3.63) is 58.1 Å². The molecule has 0 radical (unpaired) electrons. The second-order valence-corrected chi connectivity index (χ2v) is 6.27. The molecule has 0 unspecified atom stereocenters. The summed E-state index contributed by atoms with van der Waals surface area (Å²) in [4.78, 5) is 4.60. The zero-order valence-electron chi connectivity index (χ0n) is 12.5. The van der Waals surface area contributed by atoms with E-state index in [1.807, 2.05) is 30.3 Å². The summed E-state index contributed by atoms with van der Waals surface area (Å²) in [6.45, 7) is 0.285. The van der Waals surface area contributed by atoms with E-state index in [0.717, 1.165) is 44.4 Å². The summed E-state index contributed by atoms with van der Waals surface area (Å²) in [7, 11) is 1.65. The fourth-order valence-corrected chi connectivity index (χ4v) is 3.13. The molecule has 1 aliphatic heterocycles. The molecule has 2 heterocycles. The number of ether oxygens (including phenoxy) is 3. The van der Waals surface area contributed by atoms with Crippen molar-refractivity contribution in [3.63, 3.8) is 0 Å². The van der Waals surface area contributed by atoms with Crippen LogP contribution >= 0.6 is 15.9 Å². The van der Waals surface area contributed by atoms with E-state index in [0.29, 0.717) is 5.88 Å². The van der Waals surface area contributed by atoms with Gasteiger partial charge >= 0.3 is 0 Å². The summed E-state index contributed by atoms with van der Waals surface area (Å²) in [6.07, 6.45) is 0.718. The Morgan fingerprint density at radius 1 is 1.09 bits per heavy atom. The van der Waals surface area contributed by atoms with Crippen molar-refractivity contribution in [2.75, 3.05) is 13.9 Å². The van der Waals surface area contributed by atoms with Crippen LogP contribution in [0.15, 0.2) is 46.9 Å². The van der Waals surface area contributed by atoms with Gasteiger partial charge in [-0.1, -0.05) is 22.0 Å². The Hall–Kier alpha value is -2.27. The topological polar surface area (TPSA) is 40.6 Å². The minimum atomic E-state index is 0.285. The first-order valence-electron chi connectivity index (χ1n) is 7.24. The molecule has 4 nitrogen and oxygen atoms in total. The summed E-state index contributed by atoms with van der Waals surface area (Å²) in [6, 6.07) is 14.1. The molecule has 4 rings (SSSR count). The second kappa shape index (κ2) is 5.74. The molecule has 0 saturated heterocycles. The summed E-state index contributed by atoms with van der Waals surface area (Å²) in [5.74, 6) is 2.23. The molecule has 0 spiro atoms. The van der Waals surface area contributed by atoms with Crippen molar-refractivity contribution in [2.45, 2.75) is 6.42 Å². The number of fused-ring (bicyclic) bond motifs is 2. The van der Waals surface area contributed by atoms with Crippen LogP contribution in [0, 0.1) is 0 Å². The molecular weight excluding hydrogens is 358 g/mol. The number of hydrogen-bond acceptors (Lipinski definition) is 4. The summed E-state index contributed by atoms with van der Waals surface area (Å²) < 4.78 is 17.3. The van der Waals surface area contributed by atoms with Gasteiger partial charge in [0.1, 0.15) is 0 Å². The van der Waals surface area contributed by atoms with Gasteiger partial charge in [-0.15, -0.1) is 0 Å². The third-order valence-corrected chi connectivity index (χ3v) is 4.33. The molecule has 0 N–H and O–H groups in total. The highest BCUT2D eigenvalue weighted by atomic mass is 79.9. The SMILES string of the molecule is COc1nc2ccc(Br)cc2cc1Cc1ccc2c(c1)OCO2. The van der Waals surface area contributed by atoms with E-state index >= 15 is 0 Å². The number of nitrogens with zero attached hydrogens (tertiary/aromatic N) is 1. The summed E-state index contributed by atoms with van der Waals surface area (Å²) in [5.41, 5.74) is 3.08. The number of pyridine rings is 1. The van der Waals surface area contributed by atoms with E-state index in [2.05, 4.69) is 33.0 Å². The Kier molecular flexibility index (Phi) is 3.58. The van der Waals surface area contributed by atoms with Crippen LogP contribution < -0.4 is 14.2 Å². The zero-order valence-corrected chi connectivity index (χ0v) is 14.1. The first-order valence-corrected chi connectivity index (χ1v) is 8.04. The van der Waals surface area contributed by atoms with Gasteiger partial charge in [-0.25, -0.2) is 4.98 Å². The van der Waals surface area contributed by atoms with Gasteiger partial charge < -0.3 is 14.2 Å². The van der Waals surface area contributed by atoms with E-state index in [1.165, 1.54) is 0 Å². The van der Waals surface area contributed by atoms with Crippen molar-refractivity contribution < 1.29 is 14.2 Å². The van der Waals surface area contributed by atoms with Crippen molar-refractivity contribution in [1.82, 2.24) is 4.98 Å². The minimum absolute atomic E-state index is 0.285. The maximum atomic E-state index is 5.47. The van der Waals surface area contributed by atoms with Crippen molar-refractivity contribution in [2.24, 2.45) is 0 Å². The fraction of sp³-hybridized carbons (Fsp3) is 0.167. The van der Waals surface area contributed by atoms with Gasteiger partial charge in [0.05, 0.1) is 12.6 Å². The lowest BCUT2D eigenvalue weighted by molar-refractivity contribution is 0.174. The Morgan fingerprint density at radius 3 is 2.83 bits per heavy atom. The molecular formula is C18H14BrNO3. The van der Waals surface area contributed by atoms with Gasteiger partial charge in [0.25, 0.3) is 0 Å². The van der Waals surface area contributed by atoms with Crippen LogP contribution in [0.25, 0.3) is 10.9 Å². The highest BCUT2D eigenvalue weighted by molar-refractivity contribution is 9.10. The lowest BCUT2D eigenvalue weighted by atomic mass is 10.0. The highest BCUT2D eigenvalue weighted by Gasteiger charge is 2.15. The molecule has 0 amide bonds. The van der Waals surface area contributed by atoms with E-state index in [-0.39, 0.29) is 6.79 Å². The fourth-order valence-electron chi connectivity index (χ4n) is 2.75. The Bertz CT molecular complexity index is 895. The molecule has 1 aromatic heterocycles. The van der Waals surface area contributed by atoms with Crippen LogP contribution in [0.4, 0.5) is 0 Å².